The molecule has 1 fully saturated rings. The first-order valence-electron chi connectivity index (χ1n) is 9.42. The van der Waals surface area contributed by atoms with Crippen LogP contribution in [0.15, 0.2) is 60.8 Å². The zero-order valence-electron chi connectivity index (χ0n) is 15.9. The van der Waals surface area contributed by atoms with Crippen molar-refractivity contribution >= 4 is 23.1 Å². The van der Waals surface area contributed by atoms with Crippen LogP contribution >= 0.6 is 0 Å². The van der Waals surface area contributed by atoms with E-state index in [-0.39, 0.29) is 0 Å². The number of aryl methyl sites for hydroxylation is 2. The smallest absolute Gasteiger partial charge is 0.227 e. The van der Waals surface area contributed by atoms with Gasteiger partial charge in [-0.05, 0) is 43.2 Å². The molecule has 1 aliphatic rings. The van der Waals surface area contributed by atoms with Gasteiger partial charge in [-0.15, -0.1) is 0 Å². The highest BCUT2D eigenvalue weighted by atomic mass is 15.3. The third-order valence-corrected chi connectivity index (χ3v) is 5.06. The molecule has 0 radical (unpaired) electrons. The highest BCUT2D eigenvalue weighted by Gasteiger charge is 2.19. The average molecular weight is 359 g/mol. The Morgan fingerprint density at radius 3 is 2.15 bits per heavy atom. The fourth-order valence-electron chi connectivity index (χ4n) is 3.51. The lowest BCUT2D eigenvalue weighted by Gasteiger charge is -2.36. The van der Waals surface area contributed by atoms with Crippen molar-refractivity contribution in [2.75, 3.05) is 41.3 Å². The summed E-state index contributed by atoms with van der Waals surface area (Å²) in [5.41, 5.74) is 4.83. The summed E-state index contributed by atoms with van der Waals surface area (Å²) in [6.07, 6.45) is 1.84. The minimum atomic E-state index is 0.791. The zero-order chi connectivity index (χ0) is 18.6. The monoisotopic (exact) mass is 359 g/mol. The van der Waals surface area contributed by atoms with Crippen molar-refractivity contribution in [2.24, 2.45) is 0 Å². The first-order valence-corrected chi connectivity index (χ1v) is 9.42. The molecule has 5 nitrogen and oxygen atoms in total. The predicted molar refractivity (Wildman–Crippen MR) is 112 cm³/mol. The molecule has 0 saturated carbocycles. The van der Waals surface area contributed by atoms with Gasteiger partial charge in [0, 0.05) is 43.8 Å². The summed E-state index contributed by atoms with van der Waals surface area (Å²) in [4.78, 5) is 13.9. The number of nitrogens with one attached hydrogen (secondary N) is 1. The van der Waals surface area contributed by atoms with Crippen molar-refractivity contribution < 1.29 is 0 Å². The molecule has 0 amide bonds. The molecule has 5 heteroatoms. The quantitative estimate of drug-likeness (QED) is 0.758. The summed E-state index contributed by atoms with van der Waals surface area (Å²) in [6.45, 7) is 8.01. The van der Waals surface area contributed by atoms with E-state index in [1.54, 1.807) is 0 Å². The van der Waals surface area contributed by atoms with Gasteiger partial charge >= 0.3 is 0 Å². The summed E-state index contributed by atoms with van der Waals surface area (Å²) < 4.78 is 0. The molecular formula is C22H25N5. The number of rotatable bonds is 4. The molecule has 27 heavy (non-hydrogen) atoms. The molecule has 2 heterocycles. The van der Waals surface area contributed by atoms with Crippen LogP contribution in [0, 0.1) is 13.8 Å². The molecule has 0 aliphatic carbocycles. The number of nitrogens with zero attached hydrogens (tertiary/aromatic N) is 4. The molecule has 0 bridgehead atoms. The highest BCUT2D eigenvalue weighted by molar-refractivity contribution is 5.64. The Morgan fingerprint density at radius 2 is 1.44 bits per heavy atom. The Hall–Kier alpha value is -3.08. The third kappa shape index (κ3) is 3.87. The number of anilines is 4. The van der Waals surface area contributed by atoms with E-state index in [1.807, 2.05) is 12.3 Å². The lowest BCUT2D eigenvalue weighted by Crippen LogP contribution is -2.47. The second-order valence-electron chi connectivity index (χ2n) is 6.94. The topological polar surface area (TPSA) is 44.3 Å². The van der Waals surface area contributed by atoms with Crippen molar-refractivity contribution in [1.82, 2.24) is 9.97 Å². The van der Waals surface area contributed by atoms with E-state index in [9.17, 15) is 0 Å². The van der Waals surface area contributed by atoms with Crippen LogP contribution in [0.25, 0.3) is 0 Å². The lowest BCUT2D eigenvalue weighted by molar-refractivity contribution is 0.640. The SMILES string of the molecule is Cc1cccc(C)c1Nc1ccnc(N2CCN(c3ccccc3)CC2)n1. The highest BCUT2D eigenvalue weighted by Crippen LogP contribution is 2.24. The van der Waals surface area contributed by atoms with E-state index < -0.39 is 0 Å². The fraction of sp³-hybridized carbons (Fsp3) is 0.273. The largest absolute Gasteiger partial charge is 0.368 e. The number of hydrogen-bond donors (Lipinski definition) is 1. The minimum absolute atomic E-state index is 0.791. The van der Waals surface area contributed by atoms with Gasteiger partial charge < -0.3 is 15.1 Å². The summed E-state index contributed by atoms with van der Waals surface area (Å²) in [6, 6.07) is 18.8. The number of aromatic nitrogens is 2. The normalized spacial score (nSPS) is 14.3. The summed E-state index contributed by atoms with van der Waals surface area (Å²) in [5.74, 6) is 1.63. The number of para-hydroxylation sites is 2. The molecule has 1 N–H and O–H groups in total. The van der Waals surface area contributed by atoms with Gasteiger partial charge in [0.15, 0.2) is 0 Å². The van der Waals surface area contributed by atoms with Crippen molar-refractivity contribution in [1.29, 1.82) is 0 Å². The average Bonchev–Trinajstić information content (AvgIpc) is 2.72. The van der Waals surface area contributed by atoms with Gasteiger partial charge in [0.25, 0.3) is 0 Å². The van der Waals surface area contributed by atoms with E-state index >= 15 is 0 Å². The van der Waals surface area contributed by atoms with Crippen molar-refractivity contribution in [3.63, 3.8) is 0 Å². The van der Waals surface area contributed by atoms with Gasteiger partial charge in [-0.3, -0.25) is 0 Å². The number of piperazine rings is 1. The summed E-state index contributed by atoms with van der Waals surface area (Å²) in [5, 5.41) is 3.47. The lowest BCUT2D eigenvalue weighted by atomic mass is 10.1. The van der Waals surface area contributed by atoms with E-state index in [1.165, 1.54) is 16.8 Å². The Kier molecular flexibility index (Phi) is 4.92. The maximum Gasteiger partial charge on any atom is 0.227 e. The van der Waals surface area contributed by atoms with E-state index in [0.29, 0.717) is 0 Å². The number of hydrogen-bond acceptors (Lipinski definition) is 5. The van der Waals surface area contributed by atoms with Crippen molar-refractivity contribution in [3.05, 3.63) is 71.9 Å². The van der Waals surface area contributed by atoms with E-state index in [0.717, 1.165) is 43.6 Å². The standard InChI is InChI=1S/C22H25N5/c1-17-7-6-8-18(2)21(17)24-20-11-12-23-22(25-20)27-15-13-26(14-16-27)19-9-4-3-5-10-19/h3-12H,13-16H2,1-2H3,(H,23,24,25). The van der Waals surface area contributed by atoms with Crippen molar-refractivity contribution in [2.45, 2.75) is 13.8 Å². The second-order valence-corrected chi connectivity index (χ2v) is 6.94. The van der Waals surface area contributed by atoms with Gasteiger partial charge in [0.1, 0.15) is 5.82 Å². The number of benzene rings is 2. The molecule has 0 atom stereocenters. The van der Waals surface area contributed by atoms with Crippen LogP contribution in [0.3, 0.4) is 0 Å². The molecular weight excluding hydrogens is 334 g/mol. The molecule has 1 saturated heterocycles. The van der Waals surface area contributed by atoms with Gasteiger partial charge in [0.05, 0.1) is 0 Å². The molecule has 3 aromatic rings. The van der Waals surface area contributed by atoms with Crippen LogP contribution in [0.2, 0.25) is 0 Å². The van der Waals surface area contributed by atoms with Crippen LogP contribution in [0.5, 0.6) is 0 Å². The first kappa shape index (κ1) is 17.3. The molecule has 1 aromatic heterocycles. The first-order chi connectivity index (χ1) is 13.2. The molecule has 4 rings (SSSR count). The predicted octanol–water partition coefficient (Wildman–Crippen LogP) is 4.16. The van der Waals surface area contributed by atoms with Crippen LogP contribution < -0.4 is 15.1 Å². The van der Waals surface area contributed by atoms with E-state index in [2.05, 4.69) is 82.5 Å². The molecule has 0 spiro atoms. The zero-order valence-corrected chi connectivity index (χ0v) is 15.9. The Labute approximate surface area is 160 Å². The molecule has 2 aromatic carbocycles. The van der Waals surface area contributed by atoms with Gasteiger partial charge in [-0.25, -0.2) is 4.98 Å². The van der Waals surface area contributed by atoms with Crippen molar-refractivity contribution in [3.8, 4) is 0 Å². The Balaban J connectivity index is 1.46. The molecule has 0 unspecified atom stereocenters. The summed E-state index contributed by atoms with van der Waals surface area (Å²) in [7, 11) is 0. The maximum absolute atomic E-state index is 4.76. The second kappa shape index (κ2) is 7.66. The van der Waals surface area contributed by atoms with Gasteiger partial charge in [0.2, 0.25) is 5.95 Å². The maximum atomic E-state index is 4.76. The third-order valence-electron chi connectivity index (χ3n) is 5.06. The van der Waals surface area contributed by atoms with Crippen LogP contribution in [0.4, 0.5) is 23.1 Å². The fourth-order valence-corrected chi connectivity index (χ4v) is 3.51. The Bertz CT molecular complexity index is 881. The van der Waals surface area contributed by atoms with Crippen LogP contribution in [-0.2, 0) is 0 Å². The Morgan fingerprint density at radius 1 is 0.778 bits per heavy atom. The molecule has 138 valence electrons. The minimum Gasteiger partial charge on any atom is -0.368 e. The van der Waals surface area contributed by atoms with Gasteiger partial charge in [-0.1, -0.05) is 36.4 Å². The summed E-state index contributed by atoms with van der Waals surface area (Å²) >= 11 is 0. The van der Waals surface area contributed by atoms with E-state index in [4.69, 9.17) is 4.98 Å². The van der Waals surface area contributed by atoms with Crippen LogP contribution in [0.1, 0.15) is 11.1 Å². The molecule has 1 aliphatic heterocycles. The van der Waals surface area contributed by atoms with Crippen LogP contribution in [-0.4, -0.2) is 36.1 Å². The van der Waals surface area contributed by atoms with Gasteiger partial charge in [-0.2, -0.15) is 4.98 Å².